The molecule has 7 aromatic rings. The molecule has 0 aliphatic carbocycles. The van der Waals surface area contributed by atoms with Crippen LogP contribution in [-0.4, -0.2) is 29.9 Å². The monoisotopic (exact) mass is 540 g/mol. The number of aromatic nitrogens is 6. The van der Waals surface area contributed by atoms with Gasteiger partial charge in [-0.25, -0.2) is 0 Å². The summed E-state index contributed by atoms with van der Waals surface area (Å²) in [7, 11) is 0. The second-order valence-electron chi connectivity index (χ2n) is 9.76. The highest BCUT2D eigenvalue weighted by Crippen LogP contribution is 2.42. The Morgan fingerprint density at radius 3 is 1.05 bits per heavy atom. The lowest BCUT2D eigenvalue weighted by Crippen LogP contribution is -1.94. The zero-order valence-electron chi connectivity index (χ0n) is 22.5. The van der Waals surface area contributed by atoms with Crippen LogP contribution in [0, 0.1) is 0 Å². The fourth-order valence-electron chi connectivity index (χ4n) is 5.14. The van der Waals surface area contributed by atoms with E-state index in [9.17, 15) is 0 Å². The summed E-state index contributed by atoms with van der Waals surface area (Å²) in [6, 6.07) is 29.6. The van der Waals surface area contributed by atoms with Crippen molar-refractivity contribution in [2.45, 2.75) is 0 Å². The largest absolute Gasteiger partial charge is 0.264 e. The Hall–Kier alpha value is -5.88. The smallest absolute Gasteiger partial charge is 0.0885 e. The third-order valence-electron chi connectivity index (χ3n) is 7.21. The number of benzene rings is 3. The molecule has 0 N–H and O–H groups in total. The van der Waals surface area contributed by atoms with E-state index in [1.165, 1.54) is 0 Å². The van der Waals surface area contributed by atoms with E-state index in [-0.39, 0.29) is 0 Å². The Balaban J connectivity index is 1.42. The molecule has 0 spiro atoms. The summed E-state index contributed by atoms with van der Waals surface area (Å²) >= 11 is 0. The lowest BCUT2D eigenvalue weighted by Gasteiger charge is -2.18. The zero-order valence-corrected chi connectivity index (χ0v) is 22.5. The van der Waals surface area contributed by atoms with E-state index in [1.54, 1.807) is 49.6 Å². The summed E-state index contributed by atoms with van der Waals surface area (Å²) in [5, 5.41) is 0. The Morgan fingerprint density at radius 2 is 0.690 bits per heavy atom. The summed E-state index contributed by atoms with van der Waals surface area (Å²) in [5.74, 6) is 0. The van der Waals surface area contributed by atoms with Crippen molar-refractivity contribution < 1.29 is 0 Å². The molecule has 4 aromatic heterocycles. The van der Waals surface area contributed by atoms with Gasteiger partial charge in [0.25, 0.3) is 0 Å². The molecule has 0 bridgehead atoms. The average Bonchev–Trinajstić information content (AvgIpc) is 3.09. The van der Waals surface area contributed by atoms with Crippen LogP contribution in [0.5, 0.6) is 0 Å². The first-order valence-corrected chi connectivity index (χ1v) is 13.6. The van der Waals surface area contributed by atoms with Crippen LogP contribution in [-0.2, 0) is 0 Å². The molecule has 42 heavy (non-hydrogen) atoms. The molecule has 6 heteroatoms. The van der Waals surface area contributed by atoms with Gasteiger partial charge in [-0.1, -0.05) is 60.7 Å². The van der Waals surface area contributed by atoms with Gasteiger partial charge in [-0.15, -0.1) is 0 Å². The maximum atomic E-state index is 4.46. The number of rotatable bonds is 6. The molecule has 6 nitrogen and oxygen atoms in total. The number of nitrogens with zero attached hydrogens (tertiary/aromatic N) is 6. The van der Waals surface area contributed by atoms with Crippen LogP contribution in [0.4, 0.5) is 0 Å². The van der Waals surface area contributed by atoms with Gasteiger partial charge in [-0.2, -0.15) is 0 Å². The number of hydrogen-bond donors (Lipinski definition) is 0. The quantitative estimate of drug-likeness (QED) is 0.212. The van der Waals surface area contributed by atoms with E-state index in [2.05, 4.69) is 103 Å². The number of hydrogen-bond acceptors (Lipinski definition) is 6. The fourth-order valence-corrected chi connectivity index (χ4v) is 5.14. The standard InChI is InChI=1S/C36H24N6/c1-3-29(21-37-13-1)33-20-34(30-4-2-14-38-22-30)32(26-7-11-28(12-8-26)36-24-40-16-18-42-36)19-31(33)25-5-9-27(10-6-25)35-23-39-15-17-41-35/h1-24H. The molecule has 0 radical (unpaired) electrons. The van der Waals surface area contributed by atoms with Crippen molar-refractivity contribution in [3.63, 3.8) is 0 Å². The van der Waals surface area contributed by atoms with E-state index < -0.39 is 0 Å². The molecule has 0 amide bonds. The third kappa shape index (κ3) is 5.05. The average molecular weight is 541 g/mol. The van der Waals surface area contributed by atoms with Crippen LogP contribution in [0.1, 0.15) is 0 Å². The maximum Gasteiger partial charge on any atom is 0.0885 e. The topological polar surface area (TPSA) is 77.3 Å². The van der Waals surface area contributed by atoms with E-state index in [0.29, 0.717) is 0 Å². The highest BCUT2D eigenvalue weighted by molar-refractivity contribution is 5.95. The van der Waals surface area contributed by atoms with Gasteiger partial charge in [0, 0.05) is 71.8 Å². The fraction of sp³-hybridized carbons (Fsp3) is 0. The van der Waals surface area contributed by atoms with Gasteiger partial charge < -0.3 is 0 Å². The minimum absolute atomic E-state index is 0.840. The Labute approximate surface area is 243 Å². The summed E-state index contributed by atoms with van der Waals surface area (Å²) in [5.41, 5.74) is 12.4. The first-order chi connectivity index (χ1) is 20.8. The molecule has 3 aromatic carbocycles. The predicted molar refractivity (Wildman–Crippen MR) is 166 cm³/mol. The molecule has 0 aliphatic heterocycles. The van der Waals surface area contributed by atoms with Crippen molar-refractivity contribution in [3.05, 3.63) is 147 Å². The molecule has 0 saturated carbocycles. The van der Waals surface area contributed by atoms with Crippen molar-refractivity contribution in [1.29, 1.82) is 0 Å². The van der Waals surface area contributed by atoms with E-state index in [0.717, 1.165) is 67.0 Å². The molecular weight excluding hydrogens is 516 g/mol. The molecule has 0 atom stereocenters. The molecule has 4 heterocycles. The van der Waals surface area contributed by atoms with Crippen molar-refractivity contribution in [1.82, 2.24) is 29.9 Å². The predicted octanol–water partition coefficient (Wildman–Crippen LogP) is 8.06. The van der Waals surface area contributed by atoms with Crippen LogP contribution in [0.3, 0.4) is 0 Å². The molecule has 198 valence electrons. The summed E-state index contributed by atoms with van der Waals surface area (Å²) in [6.45, 7) is 0. The SMILES string of the molecule is c1cncc(-c2cc(-c3cccnc3)c(-c3ccc(-c4cnccn4)cc3)cc2-c2ccc(-c3cnccn3)cc2)c1. The third-order valence-corrected chi connectivity index (χ3v) is 7.21. The van der Waals surface area contributed by atoms with Crippen molar-refractivity contribution >= 4 is 0 Å². The van der Waals surface area contributed by atoms with Gasteiger partial charge in [0.2, 0.25) is 0 Å². The van der Waals surface area contributed by atoms with Crippen LogP contribution >= 0.6 is 0 Å². The Bertz CT molecular complexity index is 1790. The van der Waals surface area contributed by atoms with E-state index in [1.807, 2.05) is 24.5 Å². The van der Waals surface area contributed by atoms with Crippen LogP contribution in [0.15, 0.2) is 147 Å². The van der Waals surface area contributed by atoms with Crippen molar-refractivity contribution in [3.8, 4) is 67.0 Å². The highest BCUT2D eigenvalue weighted by atomic mass is 14.8. The van der Waals surface area contributed by atoms with Crippen LogP contribution < -0.4 is 0 Å². The van der Waals surface area contributed by atoms with Gasteiger partial charge in [0.15, 0.2) is 0 Å². The van der Waals surface area contributed by atoms with Gasteiger partial charge in [0.1, 0.15) is 0 Å². The van der Waals surface area contributed by atoms with Crippen LogP contribution in [0.2, 0.25) is 0 Å². The first kappa shape index (κ1) is 25.1. The Morgan fingerprint density at radius 1 is 0.310 bits per heavy atom. The van der Waals surface area contributed by atoms with Gasteiger partial charge in [0.05, 0.1) is 23.8 Å². The molecular formula is C36H24N6. The van der Waals surface area contributed by atoms with Gasteiger partial charge in [-0.3, -0.25) is 29.9 Å². The maximum absolute atomic E-state index is 4.46. The minimum atomic E-state index is 0.840. The second-order valence-corrected chi connectivity index (χ2v) is 9.76. The van der Waals surface area contributed by atoms with Crippen LogP contribution in [0.25, 0.3) is 67.0 Å². The van der Waals surface area contributed by atoms with Gasteiger partial charge >= 0.3 is 0 Å². The highest BCUT2D eigenvalue weighted by Gasteiger charge is 2.17. The number of pyridine rings is 2. The molecule has 7 rings (SSSR count). The lowest BCUT2D eigenvalue weighted by atomic mass is 9.86. The Kier molecular flexibility index (Phi) is 6.76. The molecule has 0 unspecified atom stereocenters. The molecule has 0 aliphatic rings. The lowest BCUT2D eigenvalue weighted by molar-refractivity contribution is 1.21. The minimum Gasteiger partial charge on any atom is -0.264 e. The van der Waals surface area contributed by atoms with E-state index in [4.69, 9.17) is 0 Å². The zero-order chi connectivity index (χ0) is 28.1. The van der Waals surface area contributed by atoms with Crippen molar-refractivity contribution in [2.75, 3.05) is 0 Å². The summed E-state index contributed by atoms with van der Waals surface area (Å²) in [4.78, 5) is 26.2. The molecule has 0 saturated heterocycles. The molecule has 0 fully saturated rings. The summed E-state index contributed by atoms with van der Waals surface area (Å²) in [6.07, 6.45) is 17.8. The summed E-state index contributed by atoms with van der Waals surface area (Å²) < 4.78 is 0. The van der Waals surface area contributed by atoms with E-state index >= 15 is 0 Å². The second kappa shape index (κ2) is 11.3. The normalized spacial score (nSPS) is 10.9. The van der Waals surface area contributed by atoms with Gasteiger partial charge in [-0.05, 0) is 57.6 Å². The van der Waals surface area contributed by atoms with Crippen molar-refractivity contribution in [2.24, 2.45) is 0 Å². The first-order valence-electron chi connectivity index (χ1n) is 13.6.